The van der Waals surface area contributed by atoms with Crippen molar-refractivity contribution >= 4 is 6.08 Å². The predicted octanol–water partition coefficient (Wildman–Crippen LogP) is 4.84. The fraction of sp³-hybridized carbons (Fsp3) is 0.294. The van der Waals surface area contributed by atoms with Crippen molar-refractivity contribution in [1.29, 1.82) is 0 Å². The molecule has 0 saturated heterocycles. The number of aryl methyl sites for hydroxylation is 2. The smallest absolute Gasteiger partial charge is 0.0156 e. The summed E-state index contributed by atoms with van der Waals surface area (Å²) in [4.78, 5) is 3.32. The van der Waals surface area contributed by atoms with E-state index in [1.165, 1.54) is 22.4 Å². The lowest BCUT2D eigenvalue weighted by atomic mass is 9.93. The molecule has 0 saturated carbocycles. The van der Waals surface area contributed by atoms with Crippen LogP contribution in [-0.2, 0) is 0 Å². The molecule has 0 aliphatic rings. The average molecular weight is 239 g/mol. The van der Waals surface area contributed by atoms with Gasteiger partial charge in [-0.05, 0) is 37.0 Å². The molecule has 2 rings (SSSR count). The third kappa shape index (κ3) is 2.73. The Morgan fingerprint density at radius 1 is 1.17 bits per heavy atom. The molecule has 0 radical (unpaired) electrons. The van der Waals surface area contributed by atoms with Crippen LogP contribution in [0.3, 0.4) is 0 Å². The van der Waals surface area contributed by atoms with Gasteiger partial charge in [0, 0.05) is 17.8 Å². The molecule has 1 heteroatoms. The second-order valence-corrected chi connectivity index (χ2v) is 4.79. The number of aromatic nitrogens is 1. The number of nitrogens with one attached hydrogen (secondary N) is 1. The van der Waals surface area contributed by atoms with Crippen molar-refractivity contribution in [1.82, 2.24) is 4.98 Å². The van der Waals surface area contributed by atoms with Gasteiger partial charge in [-0.15, -0.1) is 0 Å². The van der Waals surface area contributed by atoms with Crippen molar-refractivity contribution in [3.63, 3.8) is 0 Å². The summed E-state index contributed by atoms with van der Waals surface area (Å²) < 4.78 is 0. The molecule has 1 atom stereocenters. The van der Waals surface area contributed by atoms with E-state index in [4.69, 9.17) is 0 Å². The Kier molecular flexibility index (Phi) is 4.03. The van der Waals surface area contributed by atoms with Gasteiger partial charge in [-0.2, -0.15) is 0 Å². The molecule has 2 aromatic rings. The first-order chi connectivity index (χ1) is 8.72. The molecule has 18 heavy (non-hydrogen) atoms. The number of allylic oxidation sites excluding steroid dienone is 1. The number of hydrogen-bond donors (Lipinski definition) is 1. The number of benzene rings is 1. The molecule has 1 nitrogen and oxygen atoms in total. The molecule has 0 amide bonds. The van der Waals surface area contributed by atoms with Crippen LogP contribution < -0.4 is 0 Å². The molecule has 94 valence electrons. The number of hydrogen-bond acceptors (Lipinski definition) is 0. The lowest BCUT2D eigenvalue weighted by Gasteiger charge is -2.12. The minimum Gasteiger partial charge on any atom is -0.365 e. The monoisotopic (exact) mass is 239 g/mol. The largest absolute Gasteiger partial charge is 0.365 e. The first-order valence-electron chi connectivity index (χ1n) is 6.60. The fourth-order valence-corrected chi connectivity index (χ4v) is 2.47. The van der Waals surface area contributed by atoms with Gasteiger partial charge in [0.15, 0.2) is 0 Å². The van der Waals surface area contributed by atoms with Crippen LogP contribution in [0.2, 0.25) is 0 Å². The highest BCUT2D eigenvalue weighted by Gasteiger charge is 2.12. The summed E-state index contributed by atoms with van der Waals surface area (Å²) >= 11 is 0. The van der Waals surface area contributed by atoms with E-state index in [-0.39, 0.29) is 0 Å². The summed E-state index contributed by atoms with van der Waals surface area (Å²) in [6, 6.07) is 10.5. The van der Waals surface area contributed by atoms with Crippen LogP contribution in [0, 0.1) is 13.8 Å². The summed E-state index contributed by atoms with van der Waals surface area (Å²) in [6.45, 7) is 6.57. The van der Waals surface area contributed by atoms with Gasteiger partial charge < -0.3 is 4.98 Å². The number of rotatable bonds is 4. The van der Waals surface area contributed by atoms with E-state index in [0.29, 0.717) is 5.92 Å². The Morgan fingerprint density at radius 3 is 2.44 bits per heavy atom. The zero-order valence-electron chi connectivity index (χ0n) is 11.4. The molecule has 0 aliphatic heterocycles. The van der Waals surface area contributed by atoms with E-state index in [0.717, 1.165) is 6.42 Å². The maximum absolute atomic E-state index is 3.32. The molecule has 1 aromatic heterocycles. The molecule has 0 spiro atoms. The van der Waals surface area contributed by atoms with Gasteiger partial charge in [-0.1, -0.05) is 49.4 Å². The summed E-state index contributed by atoms with van der Waals surface area (Å²) in [5.74, 6) is 0.497. The van der Waals surface area contributed by atoms with Crippen molar-refractivity contribution in [3.8, 4) is 0 Å². The lowest BCUT2D eigenvalue weighted by Crippen LogP contribution is -1.96. The molecular formula is C17H21N. The van der Waals surface area contributed by atoms with Gasteiger partial charge >= 0.3 is 0 Å². The summed E-state index contributed by atoms with van der Waals surface area (Å²) in [5, 5.41) is 0. The van der Waals surface area contributed by atoms with Crippen LogP contribution in [0.15, 0.2) is 42.6 Å². The third-order valence-electron chi connectivity index (χ3n) is 3.47. The molecule has 1 unspecified atom stereocenters. The van der Waals surface area contributed by atoms with E-state index < -0.39 is 0 Å². The van der Waals surface area contributed by atoms with Crippen LogP contribution in [0.4, 0.5) is 0 Å². The van der Waals surface area contributed by atoms with Crippen LogP contribution >= 0.6 is 0 Å². The molecule has 0 bridgehead atoms. The normalized spacial score (nSPS) is 13.1. The number of H-pyrrole nitrogens is 1. The first-order valence-corrected chi connectivity index (χ1v) is 6.60. The minimum atomic E-state index is 0.497. The molecule has 1 aromatic carbocycles. The van der Waals surface area contributed by atoms with Crippen molar-refractivity contribution < 1.29 is 0 Å². The Morgan fingerprint density at radius 2 is 1.89 bits per heavy atom. The summed E-state index contributed by atoms with van der Waals surface area (Å²) in [5.41, 5.74) is 5.36. The molecular weight excluding hydrogens is 218 g/mol. The van der Waals surface area contributed by atoms with E-state index in [2.05, 4.69) is 74.4 Å². The number of aromatic amines is 1. The van der Waals surface area contributed by atoms with Crippen molar-refractivity contribution in [2.45, 2.75) is 33.1 Å². The van der Waals surface area contributed by atoms with Crippen LogP contribution in [-0.4, -0.2) is 4.98 Å². The van der Waals surface area contributed by atoms with Crippen molar-refractivity contribution in [2.75, 3.05) is 0 Å². The average Bonchev–Trinajstić information content (AvgIpc) is 2.73. The van der Waals surface area contributed by atoms with E-state index in [1.807, 2.05) is 0 Å². The Balaban J connectivity index is 2.23. The molecule has 0 fully saturated rings. The highest BCUT2D eigenvalue weighted by atomic mass is 14.7. The van der Waals surface area contributed by atoms with E-state index in [1.54, 1.807) is 0 Å². The molecule has 0 aliphatic carbocycles. The maximum atomic E-state index is 3.32. The van der Waals surface area contributed by atoms with Gasteiger partial charge in [0.2, 0.25) is 0 Å². The second-order valence-electron chi connectivity index (χ2n) is 4.79. The molecule has 1 heterocycles. The second kappa shape index (κ2) is 5.72. The Labute approximate surface area is 110 Å². The van der Waals surface area contributed by atoms with Gasteiger partial charge in [0.1, 0.15) is 0 Å². The SMILES string of the molecule is CCC(/C=C/c1ccccc1)c1c(C)c[nH]c1C. The quantitative estimate of drug-likeness (QED) is 0.786. The zero-order chi connectivity index (χ0) is 13.0. The lowest BCUT2D eigenvalue weighted by molar-refractivity contribution is 0.797. The van der Waals surface area contributed by atoms with Gasteiger partial charge in [-0.3, -0.25) is 0 Å². The Bertz CT molecular complexity index is 500. The molecule has 1 N–H and O–H groups in total. The van der Waals surface area contributed by atoms with Crippen LogP contribution in [0.1, 0.15) is 41.6 Å². The van der Waals surface area contributed by atoms with E-state index >= 15 is 0 Å². The minimum absolute atomic E-state index is 0.497. The first kappa shape index (κ1) is 12.7. The van der Waals surface area contributed by atoms with Crippen molar-refractivity contribution in [2.24, 2.45) is 0 Å². The fourth-order valence-electron chi connectivity index (χ4n) is 2.47. The van der Waals surface area contributed by atoms with Crippen LogP contribution in [0.25, 0.3) is 6.08 Å². The highest BCUT2D eigenvalue weighted by Crippen LogP contribution is 2.27. The zero-order valence-corrected chi connectivity index (χ0v) is 11.4. The highest BCUT2D eigenvalue weighted by molar-refractivity contribution is 5.51. The standard InChI is InChI=1S/C17H21N/c1-4-16(17-13(2)12-18-14(17)3)11-10-15-8-6-5-7-9-15/h5-12,16,18H,4H2,1-3H3/b11-10+. The third-order valence-corrected chi connectivity index (χ3v) is 3.47. The van der Waals surface area contributed by atoms with Gasteiger partial charge in [-0.25, -0.2) is 0 Å². The van der Waals surface area contributed by atoms with Gasteiger partial charge in [0.25, 0.3) is 0 Å². The summed E-state index contributed by atoms with van der Waals surface area (Å²) in [6.07, 6.45) is 7.77. The Hall–Kier alpha value is -1.76. The van der Waals surface area contributed by atoms with Gasteiger partial charge in [0.05, 0.1) is 0 Å². The maximum Gasteiger partial charge on any atom is 0.0156 e. The van der Waals surface area contributed by atoms with Crippen LogP contribution in [0.5, 0.6) is 0 Å². The topological polar surface area (TPSA) is 15.8 Å². The van der Waals surface area contributed by atoms with E-state index in [9.17, 15) is 0 Å². The summed E-state index contributed by atoms with van der Waals surface area (Å²) in [7, 11) is 0. The van der Waals surface area contributed by atoms with Crippen molar-refractivity contribution in [3.05, 3.63) is 65.0 Å². The predicted molar refractivity (Wildman–Crippen MR) is 78.8 cm³/mol.